The zero-order chi connectivity index (χ0) is 12.6. The lowest BCUT2D eigenvalue weighted by Gasteiger charge is -2.40. The van der Waals surface area contributed by atoms with Crippen LogP contribution in [0.1, 0.15) is 38.4 Å². The molecule has 0 bridgehead atoms. The maximum Gasteiger partial charge on any atom is 0.153 e. The Labute approximate surface area is 110 Å². The zero-order valence-electron chi connectivity index (χ0n) is 10.6. The van der Waals surface area contributed by atoms with Crippen LogP contribution in [0.3, 0.4) is 0 Å². The van der Waals surface area contributed by atoms with Gasteiger partial charge >= 0.3 is 0 Å². The molecule has 0 saturated carbocycles. The largest absolute Gasteiger partial charge is 0.321 e. The summed E-state index contributed by atoms with van der Waals surface area (Å²) >= 11 is 3.43. The Morgan fingerprint density at radius 1 is 1.35 bits per heavy atom. The molecule has 0 amide bonds. The lowest BCUT2D eigenvalue weighted by atomic mass is 9.91. The summed E-state index contributed by atoms with van der Waals surface area (Å²) in [4.78, 5) is 2.46. The van der Waals surface area contributed by atoms with Crippen molar-refractivity contribution in [3.63, 3.8) is 0 Å². The predicted octanol–water partition coefficient (Wildman–Crippen LogP) is 1.45. The van der Waals surface area contributed by atoms with E-state index < -0.39 is 0 Å². The first-order valence-corrected chi connectivity index (χ1v) is 6.79. The molecule has 1 aliphatic heterocycles. The summed E-state index contributed by atoms with van der Waals surface area (Å²) < 4.78 is 2.51. The van der Waals surface area contributed by atoms with Gasteiger partial charge in [0.1, 0.15) is 0 Å². The van der Waals surface area contributed by atoms with E-state index in [1.54, 1.807) is 4.68 Å². The molecule has 0 aromatic carbocycles. The number of nitrogens with zero attached hydrogens (tertiary/aromatic N) is 4. The highest BCUT2D eigenvalue weighted by atomic mass is 79.9. The summed E-state index contributed by atoms with van der Waals surface area (Å²) in [7, 11) is 1.88. The first kappa shape index (κ1) is 13.0. The Balaban J connectivity index is 2.26. The SMILES string of the molecule is Cn1nnc(Br)c1C(N)C(C)(C)N1CCCC1. The van der Waals surface area contributed by atoms with Crippen molar-refractivity contribution in [3.8, 4) is 0 Å². The van der Waals surface area contributed by atoms with E-state index in [0.717, 1.165) is 23.4 Å². The van der Waals surface area contributed by atoms with Crippen LogP contribution in [0.4, 0.5) is 0 Å². The molecule has 2 rings (SSSR count). The van der Waals surface area contributed by atoms with E-state index in [1.807, 2.05) is 7.05 Å². The Hall–Kier alpha value is -0.460. The normalized spacial score (nSPS) is 19.8. The van der Waals surface area contributed by atoms with Gasteiger partial charge < -0.3 is 5.73 Å². The Morgan fingerprint density at radius 2 is 1.94 bits per heavy atom. The number of halogens is 1. The first-order valence-electron chi connectivity index (χ1n) is 6.00. The van der Waals surface area contributed by atoms with Gasteiger partial charge in [0.15, 0.2) is 4.60 Å². The molecule has 2 N–H and O–H groups in total. The fourth-order valence-electron chi connectivity index (χ4n) is 2.49. The minimum absolute atomic E-state index is 0.0749. The summed E-state index contributed by atoms with van der Waals surface area (Å²) in [6, 6.07) is -0.102. The van der Waals surface area contributed by atoms with Crippen molar-refractivity contribution in [1.82, 2.24) is 19.9 Å². The van der Waals surface area contributed by atoms with Crippen molar-refractivity contribution in [3.05, 3.63) is 10.3 Å². The number of rotatable bonds is 3. The molecule has 5 nitrogen and oxygen atoms in total. The smallest absolute Gasteiger partial charge is 0.153 e. The molecule has 0 aliphatic carbocycles. The van der Waals surface area contributed by atoms with Crippen LogP contribution in [0, 0.1) is 0 Å². The van der Waals surface area contributed by atoms with Crippen LogP contribution in [-0.4, -0.2) is 38.5 Å². The van der Waals surface area contributed by atoms with Gasteiger partial charge in [0.25, 0.3) is 0 Å². The lowest BCUT2D eigenvalue weighted by molar-refractivity contribution is 0.120. The molecular formula is C11H20BrN5. The van der Waals surface area contributed by atoms with Gasteiger partial charge in [-0.15, -0.1) is 5.10 Å². The fourth-order valence-corrected chi connectivity index (χ4v) is 3.07. The Kier molecular flexibility index (Phi) is 3.56. The molecule has 2 heterocycles. The van der Waals surface area contributed by atoms with Crippen molar-refractivity contribution < 1.29 is 0 Å². The minimum atomic E-state index is -0.102. The molecule has 17 heavy (non-hydrogen) atoms. The summed E-state index contributed by atoms with van der Waals surface area (Å²) in [5, 5.41) is 8.01. The molecule has 1 aromatic heterocycles. The monoisotopic (exact) mass is 301 g/mol. The number of aryl methyl sites for hydroxylation is 1. The number of hydrogen-bond acceptors (Lipinski definition) is 4. The molecule has 96 valence electrons. The minimum Gasteiger partial charge on any atom is -0.321 e. The zero-order valence-corrected chi connectivity index (χ0v) is 12.2. The van der Waals surface area contributed by atoms with Crippen LogP contribution >= 0.6 is 15.9 Å². The predicted molar refractivity (Wildman–Crippen MR) is 70.5 cm³/mol. The van der Waals surface area contributed by atoms with Gasteiger partial charge in [-0.1, -0.05) is 5.21 Å². The van der Waals surface area contributed by atoms with E-state index >= 15 is 0 Å². The van der Waals surface area contributed by atoms with Crippen LogP contribution < -0.4 is 5.73 Å². The Bertz CT molecular complexity index is 375. The van der Waals surface area contributed by atoms with E-state index in [2.05, 4.69) is 45.0 Å². The van der Waals surface area contributed by atoms with E-state index in [1.165, 1.54) is 12.8 Å². The molecule has 1 aliphatic rings. The van der Waals surface area contributed by atoms with Crippen LogP contribution in [-0.2, 0) is 7.05 Å². The number of nitrogens with two attached hydrogens (primary N) is 1. The van der Waals surface area contributed by atoms with Gasteiger partial charge in [-0.2, -0.15) is 0 Å². The van der Waals surface area contributed by atoms with Gasteiger partial charge in [-0.3, -0.25) is 4.90 Å². The molecule has 1 unspecified atom stereocenters. The maximum absolute atomic E-state index is 6.43. The summed E-state index contributed by atoms with van der Waals surface area (Å²) in [6.45, 7) is 6.65. The van der Waals surface area contributed by atoms with Crippen molar-refractivity contribution in [2.24, 2.45) is 12.8 Å². The van der Waals surface area contributed by atoms with Crippen molar-refractivity contribution >= 4 is 15.9 Å². The van der Waals surface area contributed by atoms with Crippen LogP contribution in [0.15, 0.2) is 4.60 Å². The average molecular weight is 302 g/mol. The quantitative estimate of drug-likeness (QED) is 0.918. The summed E-state index contributed by atoms with van der Waals surface area (Å²) in [5.74, 6) is 0. The van der Waals surface area contributed by atoms with E-state index in [-0.39, 0.29) is 11.6 Å². The van der Waals surface area contributed by atoms with Gasteiger partial charge in [0.2, 0.25) is 0 Å². The highest BCUT2D eigenvalue weighted by Crippen LogP contribution is 2.33. The molecule has 1 atom stereocenters. The van der Waals surface area contributed by atoms with Crippen LogP contribution in [0.2, 0.25) is 0 Å². The third-order valence-corrected chi connectivity index (χ3v) is 4.37. The van der Waals surface area contributed by atoms with Gasteiger partial charge in [-0.05, 0) is 55.7 Å². The molecule has 0 radical (unpaired) electrons. The van der Waals surface area contributed by atoms with E-state index in [0.29, 0.717) is 0 Å². The van der Waals surface area contributed by atoms with Gasteiger partial charge in [0, 0.05) is 12.6 Å². The fraction of sp³-hybridized carbons (Fsp3) is 0.818. The average Bonchev–Trinajstić information content (AvgIpc) is 2.88. The maximum atomic E-state index is 6.43. The number of hydrogen-bond donors (Lipinski definition) is 1. The van der Waals surface area contributed by atoms with Crippen LogP contribution in [0.25, 0.3) is 0 Å². The topological polar surface area (TPSA) is 60.0 Å². The number of aromatic nitrogens is 3. The molecule has 0 spiro atoms. The lowest BCUT2D eigenvalue weighted by Crippen LogP contribution is -2.50. The second-order valence-corrected chi connectivity index (χ2v) is 5.97. The second kappa shape index (κ2) is 4.66. The molecule has 6 heteroatoms. The van der Waals surface area contributed by atoms with Crippen molar-refractivity contribution in [2.45, 2.75) is 38.3 Å². The third kappa shape index (κ3) is 2.26. The first-order chi connectivity index (χ1) is 7.94. The molecule has 1 saturated heterocycles. The van der Waals surface area contributed by atoms with Gasteiger partial charge in [0.05, 0.1) is 11.7 Å². The molecule has 1 fully saturated rings. The van der Waals surface area contributed by atoms with Crippen molar-refractivity contribution in [1.29, 1.82) is 0 Å². The highest BCUT2D eigenvalue weighted by molar-refractivity contribution is 9.10. The van der Waals surface area contributed by atoms with Crippen LogP contribution in [0.5, 0.6) is 0 Å². The second-order valence-electron chi connectivity index (χ2n) is 5.21. The van der Waals surface area contributed by atoms with Crippen molar-refractivity contribution in [2.75, 3.05) is 13.1 Å². The summed E-state index contributed by atoms with van der Waals surface area (Å²) in [5.41, 5.74) is 7.31. The standard InChI is InChI=1S/C11H20BrN5/c1-11(2,17-6-4-5-7-17)9(13)8-10(12)14-15-16(8)3/h9H,4-7,13H2,1-3H3. The third-order valence-electron chi connectivity index (χ3n) is 3.80. The van der Waals surface area contributed by atoms with E-state index in [9.17, 15) is 0 Å². The van der Waals surface area contributed by atoms with Gasteiger partial charge in [-0.25, -0.2) is 4.68 Å². The summed E-state index contributed by atoms with van der Waals surface area (Å²) in [6.07, 6.45) is 2.53. The molecular weight excluding hydrogens is 282 g/mol. The highest BCUT2D eigenvalue weighted by Gasteiger charge is 2.38. The van der Waals surface area contributed by atoms with E-state index in [4.69, 9.17) is 5.73 Å². The Morgan fingerprint density at radius 3 is 2.41 bits per heavy atom. The number of likely N-dealkylation sites (tertiary alicyclic amines) is 1. The molecule has 1 aromatic rings.